The fourth-order valence-corrected chi connectivity index (χ4v) is 4.51. The summed E-state index contributed by atoms with van der Waals surface area (Å²) < 4.78 is 40.9. The summed E-state index contributed by atoms with van der Waals surface area (Å²) in [6.45, 7) is 2.51. The molecule has 0 heterocycles. The fraction of sp³-hybridized carbons (Fsp3) is 0.167. The predicted molar refractivity (Wildman–Crippen MR) is 135 cm³/mol. The van der Waals surface area contributed by atoms with Crippen LogP contribution in [0, 0.1) is 0 Å². The predicted octanol–water partition coefficient (Wildman–Crippen LogP) is 5.32. The van der Waals surface area contributed by atoms with Crippen molar-refractivity contribution in [3.05, 3.63) is 81.8 Å². The van der Waals surface area contributed by atoms with Gasteiger partial charge in [-0.05, 0) is 54.4 Å². The van der Waals surface area contributed by atoms with Crippen molar-refractivity contribution in [1.82, 2.24) is 5.43 Å². The number of carbonyl (C=O) groups excluding carboxylic acids is 1. The lowest BCUT2D eigenvalue weighted by Gasteiger charge is -2.11. The van der Waals surface area contributed by atoms with Crippen LogP contribution in [0.3, 0.4) is 0 Å². The van der Waals surface area contributed by atoms with Crippen LogP contribution in [-0.2, 0) is 10.1 Å². The molecular weight excluding hydrogens is 515 g/mol. The lowest BCUT2D eigenvalue weighted by molar-refractivity contribution is 0.0954. The van der Waals surface area contributed by atoms with Crippen molar-refractivity contribution >= 4 is 45.4 Å². The molecule has 3 rings (SSSR count). The van der Waals surface area contributed by atoms with Crippen molar-refractivity contribution in [2.75, 3.05) is 13.7 Å². The lowest BCUT2D eigenvalue weighted by atomic mass is 10.2. The first-order valence-electron chi connectivity index (χ1n) is 10.4. The van der Waals surface area contributed by atoms with Gasteiger partial charge in [0, 0.05) is 5.56 Å². The number of benzene rings is 3. The van der Waals surface area contributed by atoms with Crippen LogP contribution in [0.4, 0.5) is 0 Å². The van der Waals surface area contributed by atoms with Crippen molar-refractivity contribution in [2.45, 2.75) is 18.2 Å². The normalized spacial score (nSPS) is 11.3. The Labute approximate surface area is 213 Å². The van der Waals surface area contributed by atoms with Gasteiger partial charge in [0.15, 0.2) is 17.2 Å². The minimum absolute atomic E-state index is 0.0397. The molecule has 0 aliphatic heterocycles. The number of nitrogens with one attached hydrogen (secondary N) is 1. The highest BCUT2D eigenvalue weighted by molar-refractivity contribution is 7.87. The highest BCUT2D eigenvalue weighted by Gasteiger charge is 2.20. The van der Waals surface area contributed by atoms with Gasteiger partial charge >= 0.3 is 10.1 Å². The number of rotatable bonds is 10. The van der Waals surface area contributed by atoms with Gasteiger partial charge in [0.25, 0.3) is 5.91 Å². The lowest BCUT2D eigenvalue weighted by Crippen LogP contribution is -2.17. The quantitative estimate of drug-likeness (QED) is 0.213. The van der Waals surface area contributed by atoms with E-state index in [1.54, 1.807) is 36.4 Å². The zero-order chi connectivity index (χ0) is 25.4. The largest absolute Gasteiger partial charge is 0.493 e. The van der Waals surface area contributed by atoms with Gasteiger partial charge in [-0.1, -0.05) is 48.3 Å². The van der Waals surface area contributed by atoms with Gasteiger partial charge in [-0.25, -0.2) is 5.43 Å². The highest BCUT2D eigenvalue weighted by Crippen LogP contribution is 2.36. The van der Waals surface area contributed by atoms with Gasteiger partial charge in [0.2, 0.25) is 0 Å². The number of hydrogen-bond acceptors (Lipinski definition) is 7. The highest BCUT2D eigenvalue weighted by atomic mass is 35.5. The van der Waals surface area contributed by atoms with E-state index in [9.17, 15) is 13.2 Å². The molecule has 0 aliphatic rings. The van der Waals surface area contributed by atoms with Gasteiger partial charge in [-0.2, -0.15) is 13.5 Å². The summed E-state index contributed by atoms with van der Waals surface area (Å²) in [6.07, 6.45) is 2.14. The molecule has 0 fully saturated rings. The summed E-state index contributed by atoms with van der Waals surface area (Å²) in [5.41, 5.74) is 3.12. The third-order valence-electron chi connectivity index (χ3n) is 4.51. The summed E-state index contributed by atoms with van der Waals surface area (Å²) >= 11 is 12.4. The van der Waals surface area contributed by atoms with Crippen LogP contribution in [0.5, 0.6) is 17.2 Å². The van der Waals surface area contributed by atoms with E-state index in [0.29, 0.717) is 29.2 Å². The van der Waals surface area contributed by atoms with Crippen molar-refractivity contribution < 1.29 is 26.9 Å². The summed E-state index contributed by atoms with van der Waals surface area (Å²) in [7, 11) is -2.64. The molecule has 0 aromatic heterocycles. The second kappa shape index (κ2) is 11.9. The Morgan fingerprint density at radius 1 is 1.03 bits per heavy atom. The van der Waals surface area contributed by atoms with Crippen LogP contribution in [0.25, 0.3) is 0 Å². The van der Waals surface area contributed by atoms with Crippen LogP contribution < -0.4 is 19.1 Å². The summed E-state index contributed by atoms with van der Waals surface area (Å²) in [6, 6.07) is 15.2. The average Bonchev–Trinajstić information content (AvgIpc) is 2.85. The Balaban J connectivity index is 1.70. The van der Waals surface area contributed by atoms with E-state index in [1.165, 1.54) is 37.6 Å². The molecule has 0 atom stereocenters. The van der Waals surface area contributed by atoms with E-state index in [-0.39, 0.29) is 20.7 Å². The van der Waals surface area contributed by atoms with Crippen molar-refractivity contribution in [3.63, 3.8) is 0 Å². The number of carbonyl (C=O) groups is 1. The second-order valence-corrected chi connectivity index (χ2v) is 9.44. The summed E-state index contributed by atoms with van der Waals surface area (Å²) in [5, 5.41) is 3.82. The third kappa shape index (κ3) is 6.88. The maximum Gasteiger partial charge on any atom is 0.339 e. The van der Waals surface area contributed by atoms with E-state index in [1.807, 2.05) is 6.92 Å². The smallest absolute Gasteiger partial charge is 0.339 e. The van der Waals surface area contributed by atoms with Gasteiger partial charge in [-0.15, -0.1) is 0 Å². The zero-order valence-corrected chi connectivity index (χ0v) is 21.2. The topological polar surface area (TPSA) is 103 Å². The van der Waals surface area contributed by atoms with Crippen LogP contribution >= 0.6 is 23.2 Å². The number of ether oxygens (including phenoxy) is 2. The molecule has 3 aromatic rings. The fourth-order valence-electron chi connectivity index (χ4n) is 2.85. The number of hydrogen-bond donors (Lipinski definition) is 1. The second-order valence-electron chi connectivity index (χ2n) is 7.08. The number of methoxy groups -OCH3 is 1. The van der Waals surface area contributed by atoms with Crippen LogP contribution in [-0.4, -0.2) is 34.3 Å². The third-order valence-corrected chi connectivity index (χ3v) is 6.31. The van der Waals surface area contributed by atoms with Gasteiger partial charge in [0.1, 0.15) is 4.90 Å². The molecule has 11 heteroatoms. The Bertz CT molecular complexity index is 1310. The Hall–Kier alpha value is -3.27. The summed E-state index contributed by atoms with van der Waals surface area (Å²) in [5.74, 6) is 0.272. The van der Waals surface area contributed by atoms with Crippen LogP contribution in [0.15, 0.2) is 70.7 Å². The molecule has 0 saturated carbocycles. The Morgan fingerprint density at radius 2 is 1.71 bits per heavy atom. The first kappa shape index (κ1) is 26.3. The number of nitrogens with zero attached hydrogens (tertiary/aromatic N) is 1. The molecule has 0 bridgehead atoms. The zero-order valence-electron chi connectivity index (χ0n) is 18.8. The van der Waals surface area contributed by atoms with E-state index in [0.717, 1.165) is 6.42 Å². The van der Waals surface area contributed by atoms with Crippen molar-refractivity contribution in [1.29, 1.82) is 0 Å². The molecule has 8 nitrogen and oxygen atoms in total. The minimum Gasteiger partial charge on any atom is -0.493 e. The number of hydrazone groups is 1. The standard InChI is InChI=1S/C24H22Cl2N2O6S/c1-3-11-33-21-10-9-17(14-22(21)32-2)24(29)28-27-15-16-12-19(25)23(20(26)13-16)34-35(30,31)18-7-5-4-6-8-18/h4-10,12-15H,3,11H2,1-2H3,(H,28,29)/b27-15+. The molecular formula is C24H22Cl2N2O6S. The van der Waals surface area contributed by atoms with E-state index < -0.39 is 16.0 Å². The van der Waals surface area contributed by atoms with Gasteiger partial charge < -0.3 is 13.7 Å². The maximum atomic E-state index is 12.5. The van der Waals surface area contributed by atoms with Gasteiger partial charge in [-0.3, -0.25) is 4.79 Å². The van der Waals surface area contributed by atoms with E-state index >= 15 is 0 Å². The Kier molecular flexibility index (Phi) is 8.97. The average molecular weight is 537 g/mol. The molecule has 0 radical (unpaired) electrons. The van der Waals surface area contributed by atoms with E-state index in [2.05, 4.69) is 10.5 Å². The first-order chi connectivity index (χ1) is 16.7. The molecule has 0 saturated heterocycles. The van der Waals surface area contributed by atoms with Crippen molar-refractivity contribution in [3.8, 4) is 17.2 Å². The molecule has 0 spiro atoms. The van der Waals surface area contributed by atoms with E-state index in [4.69, 9.17) is 36.9 Å². The monoisotopic (exact) mass is 536 g/mol. The maximum absolute atomic E-state index is 12.5. The van der Waals surface area contributed by atoms with Crippen molar-refractivity contribution in [2.24, 2.45) is 5.10 Å². The summed E-state index contributed by atoms with van der Waals surface area (Å²) in [4.78, 5) is 12.4. The first-order valence-corrected chi connectivity index (χ1v) is 12.5. The minimum atomic E-state index is -4.12. The molecule has 0 unspecified atom stereocenters. The molecule has 3 aromatic carbocycles. The Morgan fingerprint density at radius 3 is 2.34 bits per heavy atom. The number of halogens is 2. The SMILES string of the molecule is CCCOc1ccc(C(=O)N/N=C/c2cc(Cl)c(OS(=O)(=O)c3ccccc3)c(Cl)c2)cc1OC. The molecule has 184 valence electrons. The number of amides is 1. The molecule has 1 amide bonds. The molecule has 0 aliphatic carbocycles. The molecule has 35 heavy (non-hydrogen) atoms. The van der Waals surface area contributed by atoms with Crippen LogP contribution in [0.2, 0.25) is 10.0 Å². The van der Waals surface area contributed by atoms with Gasteiger partial charge in [0.05, 0.1) is 30.0 Å². The molecule has 1 N–H and O–H groups in total. The van der Waals surface area contributed by atoms with Crippen LogP contribution in [0.1, 0.15) is 29.3 Å².